The average molecular weight is 219 g/mol. The van der Waals surface area contributed by atoms with Crippen LogP contribution in [0.4, 0.5) is 15.8 Å². The molecule has 0 unspecified atom stereocenters. The fraction of sp³-hybridized carbons (Fsp3) is 0.167. The van der Waals surface area contributed by atoms with Gasteiger partial charge in [-0.1, -0.05) is 6.07 Å². The molecule has 0 aliphatic rings. The number of H-pyrrole nitrogens is 1. The van der Waals surface area contributed by atoms with Gasteiger partial charge in [-0.25, -0.2) is 4.39 Å². The average Bonchev–Trinajstić information content (AvgIpc) is 2.77. The van der Waals surface area contributed by atoms with E-state index in [0.29, 0.717) is 12.2 Å². The van der Waals surface area contributed by atoms with Crippen LogP contribution in [-0.2, 0) is 6.42 Å². The summed E-state index contributed by atoms with van der Waals surface area (Å²) >= 11 is 0. The lowest BCUT2D eigenvalue weighted by atomic mass is 10.2. The quantitative estimate of drug-likeness (QED) is 0.691. The maximum absolute atomic E-state index is 13.1. The topological polar surface area (TPSA) is 53.8 Å². The summed E-state index contributed by atoms with van der Waals surface area (Å²) in [5.41, 5.74) is 7.56. The number of aromatic nitrogens is 1. The number of para-hydroxylation sites is 1. The molecule has 2 aromatic rings. The van der Waals surface area contributed by atoms with Crippen molar-refractivity contribution in [3.8, 4) is 0 Å². The van der Waals surface area contributed by atoms with Gasteiger partial charge in [0.25, 0.3) is 0 Å². The first-order valence-electron chi connectivity index (χ1n) is 5.17. The van der Waals surface area contributed by atoms with Crippen molar-refractivity contribution in [1.82, 2.24) is 4.98 Å². The highest BCUT2D eigenvalue weighted by molar-refractivity contribution is 5.66. The van der Waals surface area contributed by atoms with Crippen molar-refractivity contribution in [1.29, 1.82) is 0 Å². The highest BCUT2D eigenvalue weighted by atomic mass is 19.1. The van der Waals surface area contributed by atoms with E-state index in [1.807, 2.05) is 18.3 Å². The molecule has 0 radical (unpaired) electrons. The largest absolute Gasteiger partial charge is 0.395 e. The zero-order valence-corrected chi connectivity index (χ0v) is 8.83. The van der Waals surface area contributed by atoms with Gasteiger partial charge >= 0.3 is 0 Å². The fourth-order valence-corrected chi connectivity index (χ4v) is 1.55. The molecule has 3 nitrogen and oxygen atoms in total. The normalized spacial score (nSPS) is 10.3. The fourth-order valence-electron chi connectivity index (χ4n) is 1.55. The molecule has 2 rings (SSSR count). The number of hydrogen-bond donors (Lipinski definition) is 3. The van der Waals surface area contributed by atoms with Crippen LogP contribution in [0.25, 0.3) is 0 Å². The van der Waals surface area contributed by atoms with E-state index in [4.69, 9.17) is 5.73 Å². The zero-order chi connectivity index (χ0) is 11.4. The molecule has 0 saturated heterocycles. The molecule has 0 atom stereocenters. The lowest BCUT2D eigenvalue weighted by Crippen LogP contribution is -2.07. The van der Waals surface area contributed by atoms with E-state index in [1.54, 1.807) is 12.1 Å². The highest BCUT2D eigenvalue weighted by Crippen LogP contribution is 2.20. The van der Waals surface area contributed by atoms with Gasteiger partial charge in [0.2, 0.25) is 0 Å². The minimum absolute atomic E-state index is 0.175. The predicted octanol–water partition coefficient (Wildman–Crippen LogP) is 2.39. The summed E-state index contributed by atoms with van der Waals surface area (Å²) in [7, 11) is 0. The second-order valence-electron chi connectivity index (χ2n) is 3.57. The van der Waals surface area contributed by atoms with Gasteiger partial charge in [-0.15, -0.1) is 0 Å². The highest BCUT2D eigenvalue weighted by Gasteiger charge is 2.03. The number of nitrogen functional groups attached to an aromatic ring is 1. The Hall–Kier alpha value is -1.97. The molecule has 0 spiro atoms. The first kappa shape index (κ1) is 10.5. The van der Waals surface area contributed by atoms with Gasteiger partial charge in [-0.3, -0.25) is 0 Å². The molecule has 1 heterocycles. The van der Waals surface area contributed by atoms with Crippen molar-refractivity contribution >= 4 is 11.4 Å². The summed E-state index contributed by atoms with van der Waals surface area (Å²) in [6, 6.07) is 8.73. The molecule has 1 aromatic carbocycles. The molecular formula is C12H14FN3. The monoisotopic (exact) mass is 219 g/mol. The van der Waals surface area contributed by atoms with Crippen LogP contribution in [0.1, 0.15) is 5.69 Å². The molecule has 4 N–H and O–H groups in total. The third-order valence-electron chi connectivity index (χ3n) is 2.43. The predicted molar refractivity (Wildman–Crippen MR) is 63.8 cm³/mol. The first-order chi connectivity index (χ1) is 7.77. The second-order valence-corrected chi connectivity index (χ2v) is 3.57. The Balaban J connectivity index is 1.92. The molecule has 1 aromatic heterocycles. The summed E-state index contributed by atoms with van der Waals surface area (Å²) in [6.45, 7) is 0.716. The van der Waals surface area contributed by atoms with Crippen LogP contribution in [0.2, 0.25) is 0 Å². The van der Waals surface area contributed by atoms with Crippen LogP contribution >= 0.6 is 0 Å². The number of rotatable bonds is 4. The summed E-state index contributed by atoms with van der Waals surface area (Å²) in [4.78, 5) is 3.10. The summed E-state index contributed by atoms with van der Waals surface area (Å²) < 4.78 is 13.1. The number of nitrogens with two attached hydrogens (primary N) is 1. The van der Waals surface area contributed by atoms with Crippen molar-refractivity contribution < 1.29 is 4.39 Å². The molecule has 0 saturated carbocycles. The molecule has 16 heavy (non-hydrogen) atoms. The lowest BCUT2D eigenvalue weighted by Gasteiger charge is -2.08. The van der Waals surface area contributed by atoms with Crippen LogP contribution in [0, 0.1) is 5.82 Å². The number of nitrogens with one attached hydrogen (secondary N) is 2. The van der Waals surface area contributed by atoms with E-state index in [2.05, 4.69) is 10.3 Å². The first-order valence-corrected chi connectivity index (χ1v) is 5.17. The SMILES string of the molecule is Nc1c(F)cccc1NCCc1ccc[nH]1. The number of anilines is 2. The van der Waals surface area contributed by atoms with Gasteiger partial charge in [0.05, 0.1) is 11.4 Å². The van der Waals surface area contributed by atoms with Crippen LogP contribution in [0.15, 0.2) is 36.5 Å². The molecule has 4 heteroatoms. The third kappa shape index (κ3) is 2.34. The standard InChI is InChI=1S/C12H14FN3/c13-10-4-1-5-11(12(10)14)16-8-6-9-3-2-7-15-9/h1-5,7,15-16H,6,8,14H2. The molecule has 0 bridgehead atoms. The Morgan fingerprint density at radius 1 is 1.25 bits per heavy atom. The zero-order valence-electron chi connectivity index (χ0n) is 8.83. The van der Waals surface area contributed by atoms with E-state index in [9.17, 15) is 4.39 Å². The molecule has 84 valence electrons. The van der Waals surface area contributed by atoms with Gasteiger partial charge in [0.15, 0.2) is 0 Å². The van der Waals surface area contributed by atoms with Gasteiger partial charge in [-0.2, -0.15) is 0 Å². The maximum Gasteiger partial charge on any atom is 0.148 e. The summed E-state index contributed by atoms with van der Waals surface area (Å²) in [5, 5.41) is 3.11. The Kier molecular flexibility index (Phi) is 3.10. The Morgan fingerprint density at radius 3 is 2.88 bits per heavy atom. The Labute approximate surface area is 93.5 Å². The van der Waals surface area contributed by atoms with Gasteiger partial charge in [0.1, 0.15) is 5.82 Å². The molecule has 0 aliphatic carbocycles. The molecule has 0 aliphatic heterocycles. The van der Waals surface area contributed by atoms with Crippen LogP contribution in [0.5, 0.6) is 0 Å². The molecular weight excluding hydrogens is 205 g/mol. The van der Waals surface area contributed by atoms with Gasteiger partial charge in [-0.05, 0) is 24.3 Å². The van der Waals surface area contributed by atoms with E-state index >= 15 is 0 Å². The van der Waals surface area contributed by atoms with Crippen LogP contribution in [-0.4, -0.2) is 11.5 Å². The maximum atomic E-state index is 13.1. The van der Waals surface area contributed by atoms with Crippen molar-refractivity contribution in [2.24, 2.45) is 0 Å². The Bertz CT molecular complexity index is 451. The smallest absolute Gasteiger partial charge is 0.148 e. The second kappa shape index (κ2) is 4.70. The number of benzene rings is 1. The van der Waals surface area contributed by atoms with E-state index in [0.717, 1.165) is 12.1 Å². The van der Waals surface area contributed by atoms with Crippen molar-refractivity contribution in [2.45, 2.75) is 6.42 Å². The Morgan fingerprint density at radius 2 is 2.12 bits per heavy atom. The number of halogens is 1. The van der Waals surface area contributed by atoms with Crippen molar-refractivity contribution in [2.75, 3.05) is 17.6 Å². The minimum atomic E-state index is -0.384. The summed E-state index contributed by atoms with van der Waals surface area (Å²) in [6.07, 6.45) is 2.73. The van der Waals surface area contributed by atoms with Crippen LogP contribution in [0.3, 0.4) is 0 Å². The third-order valence-corrected chi connectivity index (χ3v) is 2.43. The molecule has 0 fully saturated rings. The van der Waals surface area contributed by atoms with Gasteiger partial charge in [0, 0.05) is 24.9 Å². The van der Waals surface area contributed by atoms with Crippen molar-refractivity contribution in [3.05, 3.63) is 48.0 Å². The van der Waals surface area contributed by atoms with Crippen LogP contribution < -0.4 is 11.1 Å². The minimum Gasteiger partial charge on any atom is -0.395 e. The van der Waals surface area contributed by atoms with Crippen molar-refractivity contribution in [3.63, 3.8) is 0 Å². The van der Waals surface area contributed by atoms with E-state index in [-0.39, 0.29) is 11.5 Å². The lowest BCUT2D eigenvalue weighted by molar-refractivity contribution is 0.633. The van der Waals surface area contributed by atoms with E-state index < -0.39 is 0 Å². The number of aromatic amines is 1. The molecule has 0 amide bonds. The van der Waals surface area contributed by atoms with E-state index in [1.165, 1.54) is 6.07 Å². The number of hydrogen-bond acceptors (Lipinski definition) is 2. The summed E-state index contributed by atoms with van der Waals surface area (Å²) in [5.74, 6) is -0.384. The van der Waals surface area contributed by atoms with Gasteiger partial charge < -0.3 is 16.0 Å².